The number of fused-ring (bicyclic) bond motifs is 1. The standard InChI is InChI=1S/C11H16N4O/c1-11(16,7-12)6-9-14-8-4-3-5-13-10(8)15(9)2/h3-5,16H,6-7,12H2,1-2H3. The van der Waals surface area contributed by atoms with Crippen molar-refractivity contribution in [3.8, 4) is 0 Å². The van der Waals surface area contributed by atoms with Gasteiger partial charge in [0.15, 0.2) is 5.65 Å². The van der Waals surface area contributed by atoms with Gasteiger partial charge in [0.2, 0.25) is 0 Å². The summed E-state index contributed by atoms with van der Waals surface area (Å²) in [4.78, 5) is 8.68. The van der Waals surface area contributed by atoms with E-state index in [4.69, 9.17) is 5.73 Å². The highest BCUT2D eigenvalue weighted by molar-refractivity contribution is 5.70. The van der Waals surface area contributed by atoms with Crippen LogP contribution in [0, 0.1) is 0 Å². The highest BCUT2D eigenvalue weighted by Gasteiger charge is 2.22. The Labute approximate surface area is 93.9 Å². The monoisotopic (exact) mass is 220 g/mol. The summed E-state index contributed by atoms with van der Waals surface area (Å²) in [5.41, 5.74) is 6.24. The Bertz CT molecular complexity index is 504. The van der Waals surface area contributed by atoms with Crippen LogP contribution in [0.5, 0.6) is 0 Å². The lowest BCUT2D eigenvalue weighted by molar-refractivity contribution is 0.0669. The number of hydrogen-bond acceptors (Lipinski definition) is 4. The number of imidazole rings is 1. The molecule has 0 aromatic carbocycles. The van der Waals surface area contributed by atoms with E-state index < -0.39 is 5.60 Å². The fourth-order valence-electron chi connectivity index (χ4n) is 1.64. The van der Waals surface area contributed by atoms with Gasteiger partial charge in [0.1, 0.15) is 11.3 Å². The lowest BCUT2D eigenvalue weighted by atomic mass is 10.0. The fraction of sp³-hybridized carbons (Fsp3) is 0.455. The maximum atomic E-state index is 9.93. The van der Waals surface area contributed by atoms with Crippen molar-refractivity contribution in [2.75, 3.05) is 6.54 Å². The van der Waals surface area contributed by atoms with E-state index in [1.54, 1.807) is 13.1 Å². The molecule has 86 valence electrons. The number of nitrogens with zero attached hydrogens (tertiary/aromatic N) is 3. The molecule has 5 nitrogen and oxygen atoms in total. The predicted molar refractivity (Wildman–Crippen MR) is 61.9 cm³/mol. The molecule has 16 heavy (non-hydrogen) atoms. The van der Waals surface area contributed by atoms with Gasteiger partial charge in [0.25, 0.3) is 0 Å². The van der Waals surface area contributed by atoms with E-state index in [-0.39, 0.29) is 6.54 Å². The highest BCUT2D eigenvalue weighted by Crippen LogP contribution is 2.16. The first-order valence-corrected chi connectivity index (χ1v) is 5.22. The molecule has 0 fully saturated rings. The quantitative estimate of drug-likeness (QED) is 0.775. The molecule has 0 spiro atoms. The van der Waals surface area contributed by atoms with Crippen molar-refractivity contribution in [2.24, 2.45) is 12.8 Å². The van der Waals surface area contributed by atoms with Gasteiger partial charge < -0.3 is 15.4 Å². The molecule has 3 N–H and O–H groups in total. The van der Waals surface area contributed by atoms with E-state index in [0.717, 1.165) is 17.0 Å². The second kappa shape index (κ2) is 3.84. The molecule has 0 amide bonds. The van der Waals surface area contributed by atoms with Gasteiger partial charge in [-0.1, -0.05) is 0 Å². The molecule has 0 aliphatic rings. The third kappa shape index (κ3) is 1.91. The van der Waals surface area contributed by atoms with Crippen molar-refractivity contribution in [3.05, 3.63) is 24.2 Å². The van der Waals surface area contributed by atoms with Crippen molar-refractivity contribution in [2.45, 2.75) is 18.9 Å². The minimum absolute atomic E-state index is 0.212. The Morgan fingerprint density at radius 3 is 2.94 bits per heavy atom. The van der Waals surface area contributed by atoms with Crippen LogP contribution in [-0.4, -0.2) is 31.8 Å². The highest BCUT2D eigenvalue weighted by atomic mass is 16.3. The Morgan fingerprint density at radius 2 is 2.31 bits per heavy atom. The molecule has 1 atom stereocenters. The van der Waals surface area contributed by atoms with Gasteiger partial charge in [-0.15, -0.1) is 0 Å². The zero-order chi connectivity index (χ0) is 11.8. The van der Waals surface area contributed by atoms with Crippen molar-refractivity contribution < 1.29 is 5.11 Å². The first kappa shape index (κ1) is 11.0. The van der Waals surface area contributed by atoms with Crippen molar-refractivity contribution in [1.29, 1.82) is 0 Å². The van der Waals surface area contributed by atoms with E-state index in [0.29, 0.717) is 6.42 Å². The molecular weight excluding hydrogens is 204 g/mol. The summed E-state index contributed by atoms with van der Waals surface area (Å²) in [6, 6.07) is 3.75. The molecule has 2 heterocycles. The first-order chi connectivity index (χ1) is 7.53. The lowest BCUT2D eigenvalue weighted by Gasteiger charge is -2.20. The van der Waals surface area contributed by atoms with E-state index in [9.17, 15) is 5.11 Å². The van der Waals surface area contributed by atoms with E-state index in [2.05, 4.69) is 9.97 Å². The van der Waals surface area contributed by atoms with Crippen molar-refractivity contribution in [1.82, 2.24) is 14.5 Å². The number of aromatic nitrogens is 3. The zero-order valence-electron chi connectivity index (χ0n) is 9.51. The van der Waals surface area contributed by atoms with Crippen LogP contribution in [0.4, 0.5) is 0 Å². The second-order valence-corrected chi connectivity index (χ2v) is 4.31. The minimum Gasteiger partial charge on any atom is -0.388 e. The summed E-state index contributed by atoms with van der Waals surface area (Å²) < 4.78 is 1.89. The molecule has 0 saturated carbocycles. The van der Waals surface area contributed by atoms with Gasteiger partial charge in [-0.05, 0) is 19.1 Å². The Hall–Kier alpha value is -1.46. The molecule has 2 rings (SSSR count). The van der Waals surface area contributed by atoms with Gasteiger partial charge in [-0.25, -0.2) is 9.97 Å². The molecule has 5 heteroatoms. The number of aryl methyl sites for hydroxylation is 1. The van der Waals surface area contributed by atoms with Crippen LogP contribution in [-0.2, 0) is 13.5 Å². The predicted octanol–water partition coefficient (Wildman–Crippen LogP) is 0.220. The number of nitrogens with two attached hydrogens (primary N) is 1. The molecular formula is C11H16N4O. The SMILES string of the molecule is Cn1c(CC(C)(O)CN)nc2cccnc21. The van der Waals surface area contributed by atoms with Crippen LogP contribution < -0.4 is 5.73 Å². The summed E-state index contributed by atoms with van der Waals surface area (Å²) in [7, 11) is 1.89. The van der Waals surface area contributed by atoms with Crippen LogP contribution >= 0.6 is 0 Å². The molecule has 0 aliphatic heterocycles. The van der Waals surface area contributed by atoms with Gasteiger partial charge in [-0.2, -0.15) is 0 Å². The third-order valence-electron chi connectivity index (χ3n) is 2.70. The normalized spacial score (nSPS) is 15.2. The number of pyridine rings is 1. The van der Waals surface area contributed by atoms with Gasteiger partial charge in [-0.3, -0.25) is 0 Å². The fourth-order valence-corrected chi connectivity index (χ4v) is 1.64. The minimum atomic E-state index is -0.921. The smallest absolute Gasteiger partial charge is 0.159 e. The summed E-state index contributed by atoms with van der Waals surface area (Å²) in [6.45, 7) is 1.92. The number of hydrogen-bond donors (Lipinski definition) is 2. The summed E-state index contributed by atoms with van der Waals surface area (Å²) in [5, 5.41) is 9.93. The van der Waals surface area contributed by atoms with Crippen molar-refractivity contribution >= 4 is 11.2 Å². The molecule has 2 aromatic rings. The van der Waals surface area contributed by atoms with Crippen LogP contribution in [0.1, 0.15) is 12.7 Å². The molecule has 2 aromatic heterocycles. The van der Waals surface area contributed by atoms with E-state index in [1.165, 1.54) is 0 Å². The van der Waals surface area contributed by atoms with Gasteiger partial charge >= 0.3 is 0 Å². The topological polar surface area (TPSA) is 77.0 Å². The average Bonchev–Trinajstić information content (AvgIpc) is 2.56. The summed E-state index contributed by atoms with van der Waals surface area (Å²) in [5.74, 6) is 0.796. The average molecular weight is 220 g/mol. The van der Waals surface area contributed by atoms with Crippen molar-refractivity contribution in [3.63, 3.8) is 0 Å². The third-order valence-corrected chi connectivity index (χ3v) is 2.70. The molecule has 0 radical (unpaired) electrons. The largest absolute Gasteiger partial charge is 0.388 e. The number of rotatable bonds is 3. The summed E-state index contributed by atoms with van der Waals surface area (Å²) in [6.07, 6.45) is 2.16. The van der Waals surface area contributed by atoms with Crippen LogP contribution in [0.15, 0.2) is 18.3 Å². The van der Waals surface area contributed by atoms with E-state index >= 15 is 0 Å². The van der Waals surface area contributed by atoms with Gasteiger partial charge in [0, 0.05) is 26.2 Å². The Balaban J connectivity index is 2.42. The molecule has 1 unspecified atom stereocenters. The molecule has 0 saturated heterocycles. The zero-order valence-corrected chi connectivity index (χ0v) is 9.51. The number of aliphatic hydroxyl groups is 1. The van der Waals surface area contributed by atoms with Crippen LogP contribution in [0.25, 0.3) is 11.2 Å². The second-order valence-electron chi connectivity index (χ2n) is 4.31. The Morgan fingerprint density at radius 1 is 1.56 bits per heavy atom. The van der Waals surface area contributed by atoms with Crippen LogP contribution in [0.3, 0.4) is 0 Å². The van der Waals surface area contributed by atoms with E-state index in [1.807, 2.05) is 23.7 Å². The lowest BCUT2D eigenvalue weighted by Crippen LogP contribution is -2.37. The summed E-state index contributed by atoms with van der Waals surface area (Å²) >= 11 is 0. The maximum absolute atomic E-state index is 9.93. The van der Waals surface area contributed by atoms with Gasteiger partial charge in [0.05, 0.1) is 5.60 Å². The molecule has 0 aliphatic carbocycles. The first-order valence-electron chi connectivity index (χ1n) is 5.22. The molecule has 0 bridgehead atoms. The maximum Gasteiger partial charge on any atom is 0.159 e. The van der Waals surface area contributed by atoms with Crippen LogP contribution in [0.2, 0.25) is 0 Å². The Kier molecular flexibility index (Phi) is 2.65.